The molecule has 1 heterocycles. The van der Waals surface area contributed by atoms with E-state index >= 15 is 0 Å². The number of aryl methyl sites for hydroxylation is 2. The van der Waals surface area contributed by atoms with Crippen molar-refractivity contribution in [1.29, 1.82) is 0 Å². The number of thiophene rings is 1. The highest BCUT2D eigenvalue weighted by Crippen LogP contribution is 2.38. The second-order valence-electron chi connectivity index (χ2n) is 5.98. The van der Waals surface area contributed by atoms with Crippen LogP contribution in [0.4, 0.5) is 5.00 Å². The normalized spacial score (nSPS) is 13.5. The van der Waals surface area contributed by atoms with Gasteiger partial charge in [0, 0.05) is 11.4 Å². The summed E-state index contributed by atoms with van der Waals surface area (Å²) < 4.78 is 5.29. The minimum atomic E-state index is -0.182. The fourth-order valence-corrected chi connectivity index (χ4v) is 4.39. The standard InChI is InChI=1S/C19H23NO2S/c1-3-22-19(21)17-15-9-4-5-10-16(15)23-18(17)20-12-14-8-6-7-13(2)11-14/h6-8,11,20H,3-5,9-10,12H2,1-2H3. The van der Waals surface area contributed by atoms with Crippen LogP contribution in [-0.4, -0.2) is 12.6 Å². The zero-order valence-electron chi connectivity index (χ0n) is 13.8. The zero-order valence-corrected chi connectivity index (χ0v) is 14.6. The Morgan fingerprint density at radius 1 is 1.30 bits per heavy atom. The van der Waals surface area contributed by atoms with Gasteiger partial charge in [-0.3, -0.25) is 0 Å². The van der Waals surface area contributed by atoms with E-state index in [9.17, 15) is 4.79 Å². The molecule has 0 atom stereocenters. The summed E-state index contributed by atoms with van der Waals surface area (Å²) in [5.74, 6) is -0.182. The number of carbonyl (C=O) groups excluding carboxylic acids is 1. The van der Waals surface area contributed by atoms with E-state index in [0.717, 1.165) is 36.4 Å². The fraction of sp³-hybridized carbons (Fsp3) is 0.421. The first-order valence-corrected chi connectivity index (χ1v) is 9.11. The van der Waals surface area contributed by atoms with Crippen molar-refractivity contribution in [3.8, 4) is 0 Å². The molecule has 0 spiro atoms. The SMILES string of the molecule is CCOC(=O)c1c(NCc2cccc(C)c2)sc2c1CCCC2. The maximum absolute atomic E-state index is 12.4. The van der Waals surface area contributed by atoms with Crippen molar-refractivity contribution < 1.29 is 9.53 Å². The van der Waals surface area contributed by atoms with Crippen molar-refractivity contribution in [2.45, 2.75) is 46.1 Å². The minimum absolute atomic E-state index is 0.182. The topological polar surface area (TPSA) is 38.3 Å². The summed E-state index contributed by atoms with van der Waals surface area (Å²) in [6, 6.07) is 8.44. The van der Waals surface area contributed by atoms with E-state index in [-0.39, 0.29) is 5.97 Å². The molecule has 0 aliphatic heterocycles. The summed E-state index contributed by atoms with van der Waals surface area (Å²) >= 11 is 1.73. The second-order valence-corrected chi connectivity index (χ2v) is 7.08. The molecule has 3 rings (SSSR count). The van der Waals surface area contributed by atoms with Crippen LogP contribution in [-0.2, 0) is 24.1 Å². The van der Waals surface area contributed by atoms with Crippen molar-refractivity contribution in [2.75, 3.05) is 11.9 Å². The number of benzene rings is 1. The molecular formula is C19H23NO2S. The van der Waals surface area contributed by atoms with Gasteiger partial charge in [-0.05, 0) is 50.7 Å². The third-order valence-electron chi connectivity index (χ3n) is 4.19. The minimum Gasteiger partial charge on any atom is -0.462 e. The lowest BCUT2D eigenvalue weighted by Gasteiger charge is -2.12. The molecule has 0 unspecified atom stereocenters. The lowest BCUT2D eigenvalue weighted by Crippen LogP contribution is -2.11. The van der Waals surface area contributed by atoms with Crippen molar-refractivity contribution in [1.82, 2.24) is 0 Å². The third kappa shape index (κ3) is 3.58. The third-order valence-corrected chi connectivity index (χ3v) is 5.44. The zero-order chi connectivity index (χ0) is 16.2. The molecule has 0 fully saturated rings. The van der Waals surface area contributed by atoms with E-state index in [1.165, 1.54) is 28.0 Å². The average Bonchev–Trinajstić information content (AvgIpc) is 2.91. The number of hydrogen-bond donors (Lipinski definition) is 1. The van der Waals surface area contributed by atoms with E-state index in [4.69, 9.17) is 4.74 Å². The molecule has 1 aromatic carbocycles. The molecule has 0 amide bonds. The number of hydrogen-bond acceptors (Lipinski definition) is 4. The molecule has 3 nitrogen and oxygen atoms in total. The van der Waals surface area contributed by atoms with Crippen molar-refractivity contribution in [3.05, 3.63) is 51.4 Å². The maximum atomic E-state index is 12.4. The Balaban J connectivity index is 1.85. The van der Waals surface area contributed by atoms with Gasteiger partial charge in [-0.1, -0.05) is 29.8 Å². The van der Waals surface area contributed by atoms with Crippen LogP contribution in [0.15, 0.2) is 24.3 Å². The Labute approximate surface area is 141 Å². The Morgan fingerprint density at radius 3 is 2.91 bits per heavy atom. The quantitative estimate of drug-likeness (QED) is 0.806. The molecule has 0 saturated heterocycles. The van der Waals surface area contributed by atoms with Gasteiger partial charge in [0.25, 0.3) is 0 Å². The molecule has 0 radical (unpaired) electrons. The number of anilines is 1. The number of rotatable bonds is 5. The van der Waals surface area contributed by atoms with Crippen molar-refractivity contribution in [3.63, 3.8) is 0 Å². The van der Waals surface area contributed by atoms with E-state index in [0.29, 0.717) is 6.61 Å². The monoisotopic (exact) mass is 329 g/mol. The van der Waals surface area contributed by atoms with Crippen molar-refractivity contribution in [2.24, 2.45) is 0 Å². The lowest BCUT2D eigenvalue weighted by molar-refractivity contribution is 0.0526. The van der Waals surface area contributed by atoms with Crippen LogP contribution in [0.5, 0.6) is 0 Å². The van der Waals surface area contributed by atoms with Crippen LogP contribution in [0.1, 0.15) is 51.7 Å². The predicted octanol–water partition coefficient (Wildman–Crippen LogP) is 4.72. The van der Waals surface area contributed by atoms with Crippen LogP contribution in [0.3, 0.4) is 0 Å². The first-order chi connectivity index (χ1) is 11.2. The lowest BCUT2D eigenvalue weighted by atomic mass is 9.95. The summed E-state index contributed by atoms with van der Waals surface area (Å²) in [6.45, 7) is 5.10. The van der Waals surface area contributed by atoms with Gasteiger partial charge in [-0.15, -0.1) is 11.3 Å². The fourth-order valence-electron chi connectivity index (χ4n) is 3.11. The number of esters is 1. The van der Waals surface area contributed by atoms with Crippen LogP contribution < -0.4 is 5.32 Å². The van der Waals surface area contributed by atoms with Gasteiger partial charge < -0.3 is 10.1 Å². The van der Waals surface area contributed by atoms with Crippen LogP contribution in [0, 0.1) is 6.92 Å². The highest BCUT2D eigenvalue weighted by Gasteiger charge is 2.26. The molecular weight excluding hydrogens is 306 g/mol. The summed E-state index contributed by atoms with van der Waals surface area (Å²) in [5, 5.41) is 4.44. The molecule has 1 aliphatic rings. The number of nitrogens with one attached hydrogen (secondary N) is 1. The Morgan fingerprint density at radius 2 is 2.13 bits per heavy atom. The summed E-state index contributed by atoms with van der Waals surface area (Å²) in [4.78, 5) is 13.8. The predicted molar refractivity (Wildman–Crippen MR) is 95.4 cm³/mol. The molecule has 0 bridgehead atoms. The van der Waals surface area contributed by atoms with Crippen LogP contribution >= 0.6 is 11.3 Å². The Kier molecular flexibility index (Phi) is 5.01. The van der Waals surface area contributed by atoms with Crippen LogP contribution in [0.2, 0.25) is 0 Å². The molecule has 2 aromatic rings. The second kappa shape index (κ2) is 7.18. The summed E-state index contributed by atoms with van der Waals surface area (Å²) in [7, 11) is 0. The largest absolute Gasteiger partial charge is 0.462 e. The van der Waals surface area contributed by atoms with E-state index in [1.807, 2.05) is 6.92 Å². The highest BCUT2D eigenvalue weighted by molar-refractivity contribution is 7.16. The van der Waals surface area contributed by atoms with E-state index < -0.39 is 0 Å². The van der Waals surface area contributed by atoms with Gasteiger partial charge in [-0.2, -0.15) is 0 Å². The van der Waals surface area contributed by atoms with Gasteiger partial charge in [-0.25, -0.2) is 4.79 Å². The van der Waals surface area contributed by atoms with E-state index in [1.54, 1.807) is 11.3 Å². The summed E-state index contributed by atoms with van der Waals surface area (Å²) in [5.41, 5.74) is 4.47. The molecule has 1 aliphatic carbocycles. The van der Waals surface area contributed by atoms with Gasteiger partial charge >= 0.3 is 5.97 Å². The molecule has 122 valence electrons. The smallest absolute Gasteiger partial charge is 0.341 e. The molecule has 23 heavy (non-hydrogen) atoms. The maximum Gasteiger partial charge on any atom is 0.341 e. The van der Waals surface area contributed by atoms with Crippen molar-refractivity contribution >= 4 is 22.3 Å². The first kappa shape index (κ1) is 16.1. The van der Waals surface area contributed by atoms with Crippen LogP contribution in [0.25, 0.3) is 0 Å². The van der Waals surface area contributed by atoms with Gasteiger partial charge in [0.2, 0.25) is 0 Å². The number of fused-ring (bicyclic) bond motifs is 1. The Hall–Kier alpha value is -1.81. The summed E-state index contributed by atoms with van der Waals surface area (Å²) in [6.07, 6.45) is 4.45. The van der Waals surface area contributed by atoms with Gasteiger partial charge in [0.1, 0.15) is 5.00 Å². The molecule has 4 heteroatoms. The first-order valence-electron chi connectivity index (χ1n) is 8.30. The Bertz CT molecular complexity index is 705. The van der Waals surface area contributed by atoms with Gasteiger partial charge in [0.05, 0.1) is 12.2 Å². The molecule has 1 N–H and O–H groups in total. The molecule has 0 saturated carbocycles. The average molecular weight is 329 g/mol. The number of ether oxygens (including phenoxy) is 1. The van der Waals surface area contributed by atoms with E-state index in [2.05, 4.69) is 36.5 Å². The van der Waals surface area contributed by atoms with Gasteiger partial charge in [0.15, 0.2) is 0 Å². The molecule has 1 aromatic heterocycles. The highest BCUT2D eigenvalue weighted by atomic mass is 32.1. The number of carbonyl (C=O) groups is 1.